The molecule has 0 saturated heterocycles. The van der Waals surface area contributed by atoms with Gasteiger partial charge >= 0.3 is 0 Å². The molecule has 1 aliphatic rings. The number of aryl methyl sites for hydroxylation is 2. The molecule has 0 aromatic carbocycles. The van der Waals surface area contributed by atoms with Crippen molar-refractivity contribution in [3.8, 4) is 0 Å². The quantitative estimate of drug-likeness (QED) is 0.837. The van der Waals surface area contributed by atoms with Gasteiger partial charge in [0.25, 0.3) is 5.91 Å². The lowest BCUT2D eigenvalue weighted by Gasteiger charge is -2.13. The zero-order chi connectivity index (χ0) is 14.7. The Morgan fingerprint density at radius 1 is 1.25 bits per heavy atom. The van der Waals surface area contributed by atoms with Crippen molar-refractivity contribution in [1.29, 1.82) is 0 Å². The molecular weight excluding hydrogens is 250 g/mol. The number of nitrogens with zero attached hydrogens (tertiary/aromatic N) is 1. The van der Waals surface area contributed by atoms with Crippen molar-refractivity contribution < 1.29 is 4.79 Å². The maximum absolute atomic E-state index is 11.1. The second kappa shape index (κ2) is 6.07. The summed E-state index contributed by atoms with van der Waals surface area (Å²) in [4.78, 5) is 18.6. The first-order valence-corrected chi connectivity index (χ1v) is 7.28. The van der Waals surface area contributed by atoms with Crippen LogP contribution in [0.1, 0.15) is 55.4 Å². The lowest BCUT2D eigenvalue weighted by atomic mass is 9.96. The van der Waals surface area contributed by atoms with Crippen LogP contribution in [0.25, 0.3) is 11.0 Å². The number of primary amides is 1. The molecule has 1 aliphatic carbocycles. The van der Waals surface area contributed by atoms with Gasteiger partial charge in [-0.25, -0.2) is 0 Å². The van der Waals surface area contributed by atoms with Crippen molar-refractivity contribution in [2.45, 2.75) is 46.5 Å². The summed E-state index contributed by atoms with van der Waals surface area (Å²) >= 11 is 0. The van der Waals surface area contributed by atoms with Crippen LogP contribution >= 0.6 is 0 Å². The number of pyridine rings is 1. The second-order valence-corrected chi connectivity index (χ2v) is 6.01. The van der Waals surface area contributed by atoms with Crippen molar-refractivity contribution in [2.75, 3.05) is 0 Å². The molecule has 3 N–H and O–H groups in total. The lowest BCUT2D eigenvalue weighted by molar-refractivity contribution is 0.0996. The Kier molecular flexibility index (Phi) is 4.42. The lowest BCUT2D eigenvalue weighted by Crippen LogP contribution is -2.10. The number of aromatic amines is 1. The number of hydrogen-bond donors (Lipinski definition) is 2. The Bertz CT molecular complexity index is 568. The highest BCUT2D eigenvalue weighted by Crippen LogP contribution is 2.23. The summed E-state index contributed by atoms with van der Waals surface area (Å²) in [6, 6.07) is 3.83. The van der Waals surface area contributed by atoms with Crippen LogP contribution in [-0.4, -0.2) is 15.9 Å². The molecule has 0 radical (unpaired) electrons. The highest BCUT2D eigenvalue weighted by Gasteiger charge is 2.14. The monoisotopic (exact) mass is 273 g/mol. The third kappa shape index (κ3) is 3.38. The molecule has 0 bridgehead atoms. The third-order valence-corrected chi connectivity index (χ3v) is 3.15. The Hall–Kier alpha value is -1.84. The number of H-pyrrole nitrogens is 1. The first-order chi connectivity index (χ1) is 9.47. The number of nitrogens with one attached hydrogen (secondary N) is 1. The second-order valence-electron chi connectivity index (χ2n) is 6.01. The van der Waals surface area contributed by atoms with Gasteiger partial charge in [-0.05, 0) is 49.3 Å². The van der Waals surface area contributed by atoms with E-state index in [1.807, 2.05) is 0 Å². The molecular formula is C16H23N3O. The Morgan fingerprint density at radius 2 is 1.90 bits per heavy atom. The van der Waals surface area contributed by atoms with Gasteiger partial charge in [-0.2, -0.15) is 0 Å². The minimum Gasteiger partial charge on any atom is -0.364 e. The molecule has 4 nitrogen and oxygen atoms in total. The summed E-state index contributed by atoms with van der Waals surface area (Å²) in [6.07, 6.45) is 4.56. The number of aromatic nitrogens is 2. The summed E-state index contributed by atoms with van der Waals surface area (Å²) in [7, 11) is 0. The van der Waals surface area contributed by atoms with Gasteiger partial charge < -0.3 is 10.7 Å². The fourth-order valence-electron chi connectivity index (χ4n) is 2.31. The van der Waals surface area contributed by atoms with E-state index in [1.54, 1.807) is 6.07 Å². The van der Waals surface area contributed by atoms with Crippen molar-refractivity contribution >= 4 is 16.9 Å². The van der Waals surface area contributed by atoms with Gasteiger partial charge in [-0.15, -0.1) is 0 Å². The van der Waals surface area contributed by atoms with Crippen LogP contribution in [-0.2, 0) is 12.8 Å². The van der Waals surface area contributed by atoms with E-state index in [0.29, 0.717) is 5.69 Å². The van der Waals surface area contributed by atoms with Gasteiger partial charge in [0.15, 0.2) is 0 Å². The van der Waals surface area contributed by atoms with E-state index in [4.69, 9.17) is 5.73 Å². The van der Waals surface area contributed by atoms with E-state index in [1.165, 1.54) is 24.1 Å². The van der Waals surface area contributed by atoms with Crippen molar-refractivity contribution in [3.63, 3.8) is 0 Å². The number of amides is 1. The predicted octanol–water partition coefficient (Wildman–Crippen LogP) is 3.20. The molecule has 2 aromatic heterocycles. The SMILES string of the molecule is CC(C)C.NC(=O)c1cc2nc3c(cc2[nH]1)CCCC3. The normalized spacial score (nSPS) is 13.8. The van der Waals surface area contributed by atoms with Crippen LogP contribution in [0.15, 0.2) is 12.1 Å². The van der Waals surface area contributed by atoms with Crippen molar-refractivity contribution in [2.24, 2.45) is 11.7 Å². The van der Waals surface area contributed by atoms with E-state index in [0.717, 1.165) is 29.8 Å². The first-order valence-electron chi connectivity index (χ1n) is 7.28. The summed E-state index contributed by atoms with van der Waals surface area (Å²) in [5, 5.41) is 0. The molecule has 20 heavy (non-hydrogen) atoms. The highest BCUT2D eigenvalue weighted by molar-refractivity contribution is 5.96. The zero-order valence-corrected chi connectivity index (χ0v) is 12.5. The first kappa shape index (κ1) is 14.6. The van der Waals surface area contributed by atoms with E-state index in [9.17, 15) is 4.79 Å². The molecule has 0 unspecified atom stereocenters. The smallest absolute Gasteiger partial charge is 0.265 e. The average Bonchev–Trinajstić information content (AvgIpc) is 2.78. The molecule has 1 amide bonds. The maximum Gasteiger partial charge on any atom is 0.265 e. The molecule has 0 spiro atoms. The molecule has 4 heteroatoms. The third-order valence-electron chi connectivity index (χ3n) is 3.15. The number of carbonyl (C=O) groups is 1. The largest absolute Gasteiger partial charge is 0.364 e. The molecule has 0 atom stereocenters. The predicted molar refractivity (Wildman–Crippen MR) is 81.8 cm³/mol. The summed E-state index contributed by atoms with van der Waals surface area (Å²) in [5.41, 5.74) is 9.90. The van der Waals surface area contributed by atoms with E-state index < -0.39 is 5.91 Å². The number of hydrogen-bond acceptors (Lipinski definition) is 2. The summed E-state index contributed by atoms with van der Waals surface area (Å²) in [6.45, 7) is 6.50. The van der Waals surface area contributed by atoms with Gasteiger partial charge in [-0.3, -0.25) is 9.78 Å². The van der Waals surface area contributed by atoms with Crippen LogP contribution in [0, 0.1) is 5.92 Å². The fourth-order valence-corrected chi connectivity index (χ4v) is 2.31. The molecule has 0 saturated carbocycles. The van der Waals surface area contributed by atoms with E-state index >= 15 is 0 Å². The van der Waals surface area contributed by atoms with Crippen LogP contribution in [0.4, 0.5) is 0 Å². The number of fused-ring (bicyclic) bond motifs is 2. The van der Waals surface area contributed by atoms with Crippen molar-refractivity contribution in [1.82, 2.24) is 9.97 Å². The summed E-state index contributed by atoms with van der Waals surface area (Å²) in [5.74, 6) is 0.399. The number of nitrogens with two attached hydrogens (primary N) is 1. The highest BCUT2D eigenvalue weighted by atomic mass is 16.1. The molecule has 2 aromatic rings. The number of rotatable bonds is 1. The number of carbonyl (C=O) groups excluding carboxylic acids is 1. The van der Waals surface area contributed by atoms with Gasteiger partial charge in [-0.1, -0.05) is 20.8 Å². The van der Waals surface area contributed by atoms with Crippen LogP contribution in [0.5, 0.6) is 0 Å². The molecule has 0 aliphatic heterocycles. The maximum atomic E-state index is 11.1. The fraction of sp³-hybridized carbons (Fsp3) is 0.500. The Balaban J connectivity index is 0.000000328. The van der Waals surface area contributed by atoms with Crippen LogP contribution in [0.3, 0.4) is 0 Å². The van der Waals surface area contributed by atoms with Gasteiger partial charge in [0.1, 0.15) is 5.69 Å². The Morgan fingerprint density at radius 3 is 2.55 bits per heavy atom. The minimum absolute atomic E-state index is 0.434. The Labute approximate surface area is 119 Å². The molecule has 108 valence electrons. The van der Waals surface area contributed by atoms with Crippen LogP contribution in [0.2, 0.25) is 0 Å². The topological polar surface area (TPSA) is 71.8 Å². The molecule has 3 rings (SSSR count). The molecule has 2 heterocycles. The van der Waals surface area contributed by atoms with Gasteiger partial charge in [0.05, 0.1) is 11.0 Å². The van der Waals surface area contributed by atoms with E-state index in [2.05, 4.69) is 36.8 Å². The minimum atomic E-state index is -0.434. The van der Waals surface area contributed by atoms with Gasteiger partial charge in [0, 0.05) is 5.69 Å². The summed E-state index contributed by atoms with van der Waals surface area (Å²) < 4.78 is 0. The standard InChI is InChI=1S/C12H13N3O.C4H10/c13-12(16)11-6-10-9(15-11)5-7-3-1-2-4-8(7)14-10;1-4(2)3/h5-6,15H,1-4H2,(H2,13,16);4H,1-3H3. The average molecular weight is 273 g/mol. The van der Waals surface area contributed by atoms with E-state index in [-0.39, 0.29) is 0 Å². The van der Waals surface area contributed by atoms with Crippen molar-refractivity contribution in [3.05, 3.63) is 29.1 Å². The van der Waals surface area contributed by atoms with Crippen LogP contribution < -0.4 is 5.73 Å². The zero-order valence-electron chi connectivity index (χ0n) is 12.5. The van der Waals surface area contributed by atoms with Gasteiger partial charge in [0.2, 0.25) is 0 Å². The molecule has 0 fully saturated rings.